The van der Waals surface area contributed by atoms with Crippen molar-refractivity contribution in [3.8, 4) is 11.5 Å². The second kappa shape index (κ2) is 7.94. The van der Waals surface area contributed by atoms with E-state index in [1.807, 2.05) is 31.2 Å². The molecule has 2 aliphatic heterocycles. The zero-order valence-electron chi connectivity index (χ0n) is 17.4. The minimum Gasteiger partial charge on any atom is -0.477 e. The van der Waals surface area contributed by atoms with Crippen molar-refractivity contribution in [2.24, 2.45) is 0 Å². The maximum Gasteiger partial charge on any atom is 0.269 e. The zero-order chi connectivity index (χ0) is 22.2. The normalized spacial score (nSPS) is 16.3. The summed E-state index contributed by atoms with van der Waals surface area (Å²) in [6.45, 7) is 3.78. The number of hydrogen-bond donors (Lipinski definition) is 0. The van der Waals surface area contributed by atoms with E-state index in [0.29, 0.717) is 30.2 Å². The highest BCUT2D eigenvalue weighted by atomic mass is 16.6. The maximum absolute atomic E-state index is 13.0. The monoisotopic (exact) mass is 428 g/mol. The summed E-state index contributed by atoms with van der Waals surface area (Å²) in [4.78, 5) is 25.6. The van der Waals surface area contributed by atoms with Crippen LogP contribution in [0.15, 0.2) is 66.4 Å². The lowest BCUT2D eigenvalue weighted by Crippen LogP contribution is -2.32. The molecule has 3 aromatic carbocycles. The lowest BCUT2D eigenvalue weighted by atomic mass is 10.00. The van der Waals surface area contributed by atoms with E-state index in [-0.39, 0.29) is 17.2 Å². The Kier molecular flexibility index (Phi) is 4.95. The summed E-state index contributed by atoms with van der Waals surface area (Å²) in [6, 6.07) is 18.0. The molecule has 0 aromatic heterocycles. The van der Waals surface area contributed by atoms with Crippen LogP contribution in [-0.2, 0) is 13.1 Å². The van der Waals surface area contributed by atoms with E-state index in [0.717, 1.165) is 23.4 Å². The molecule has 0 bridgehead atoms. The molecule has 0 amide bonds. The van der Waals surface area contributed by atoms with Gasteiger partial charge >= 0.3 is 0 Å². The fourth-order valence-electron chi connectivity index (χ4n) is 4.08. The molecule has 2 aliphatic rings. The van der Waals surface area contributed by atoms with Crippen molar-refractivity contribution in [1.29, 1.82) is 0 Å². The number of hydrogen-bond acceptors (Lipinski definition) is 6. The number of allylic oxidation sites excluding steroid dienone is 1. The van der Waals surface area contributed by atoms with Crippen molar-refractivity contribution in [3.63, 3.8) is 0 Å². The van der Waals surface area contributed by atoms with Gasteiger partial charge in [0.15, 0.2) is 5.76 Å². The van der Waals surface area contributed by atoms with E-state index < -0.39 is 4.92 Å². The molecule has 0 saturated heterocycles. The zero-order valence-corrected chi connectivity index (χ0v) is 17.4. The molecular weight excluding hydrogens is 408 g/mol. The van der Waals surface area contributed by atoms with Crippen molar-refractivity contribution in [1.82, 2.24) is 4.90 Å². The lowest BCUT2D eigenvalue weighted by Gasteiger charge is -2.30. The number of ether oxygens (including phenoxy) is 2. The van der Waals surface area contributed by atoms with Crippen molar-refractivity contribution < 1.29 is 19.2 Å². The van der Waals surface area contributed by atoms with Crippen LogP contribution in [0.4, 0.5) is 5.69 Å². The van der Waals surface area contributed by atoms with Crippen molar-refractivity contribution >= 4 is 17.5 Å². The number of nitrogens with zero attached hydrogens (tertiary/aromatic N) is 2. The molecule has 3 aromatic rings. The number of carbonyl (C=O) groups excluding carboxylic acids is 1. The first-order valence-corrected chi connectivity index (χ1v) is 10.2. The number of Topliss-reactive ketones (excluding diaryl/α,β-unsaturated/α-hetero) is 1. The van der Waals surface area contributed by atoms with E-state index in [4.69, 9.17) is 9.47 Å². The third-order valence-corrected chi connectivity index (χ3v) is 5.65. The predicted octanol–water partition coefficient (Wildman–Crippen LogP) is 4.87. The minimum absolute atomic E-state index is 0.00479. The molecular formula is C25H20N2O5. The Morgan fingerprint density at radius 2 is 1.84 bits per heavy atom. The second-order valence-electron chi connectivity index (χ2n) is 7.90. The summed E-state index contributed by atoms with van der Waals surface area (Å²) >= 11 is 0. The molecule has 160 valence electrons. The largest absolute Gasteiger partial charge is 0.477 e. The first kappa shape index (κ1) is 20.0. The van der Waals surface area contributed by atoms with Crippen LogP contribution in [0.1, 0.15) is 32.6 Å². The van der Waals surface area contributed by atoms with Gasteiger partial charge in [-0.15, -0.1) is 0 Å². The molecule has 0 N–H and O–H groups in total. The molecule has 2 heterocycles. The molecule has 7 heteroatoms. The summed E-state index contributed by atoms with van der Waals surface area (Å²) < 4.78 is 11.9. The number of rotatable bonds is 4. The number of ketones is 1. The van der Waals surface area contributed by atoms with E-state index in [9.17, 15) is 14.9 Å². The van der Waals surface area contributed by atoms with Crippen molar-refractivity contribution in [2.75, 3.05) is 6.73 Å². The number of non-ortho nitro benzene ring substituents is 1. The van der Waals surface area contributed by atoms with Gasteiger partial charge in [0, 0.05) is 36.3 Å². The van der Waals surface area contributed by atoms with Gasteiger partial charge in [0.25, 0.3) is 5.69 Å². The van der Waals surface area contributed by atoms with Crippen LogP contribution in [0.2, 0.25) is 0 Å². The Hall–Kier alpha value is -3.97. The van der Waals surface area contributed by atoms with Crippen LogP contribution in [-0.4, -0.2) is 22.3 Å². The maximum atomic E-state index is 13.0. The molecule has 0 radical (unpaired) electrons. The first-order chi connectivity index (χ1) is 15.5. The number of fused-ring (bicyclic) bond motifs is 2. The molecule has 0 aliphatic carbocycles. The van der Waals surface area contributed by atoms with Crippen LogP contribution in [0, 0.1) is 17.0 Å². The highest BCUT2D eigenvalue weighted by molar-refractivity contribution is 6.15. The van der Waals surface area contributed by atoms with Crippen LogP contribution in [0.25, 0.3) is 6.08 Å². The lowest BCUT2D eigenvalue weighted by molar-refractivity contribution is -0.384. The van der Waals surface area contributed by atoms with Gasteiger partial charge in [-0.25, -0.2) is 0 Å². The van der Waals surface area contributed by atoms with Gasteiger partial charge in [0.05, 0.1) is 10.5 Å². The summed E-state index contributed by atoms with van der Waals surface area (Å²) in [5, 5.41) is 10.8. The van der Waals surface area contributed by atoms with Crippen LogP contribution in [0.3, 0.4) is 0 Å². The molecule has 0 saturated carbocycles. The average molecular weight is 428 g/mol. The highest BCUT2D eigenvalue weighted by Gasteiger charge is 2.33. The predicted molar refractivity (Wildman–Crippen MR) is 118 cm³/mol. The minimum atomic E-state index is -0.459. The van der Waals surface area contributed by atoms with Gasteiger partial charge in [0.2, 0.25) is 5.78 Å². The third-order valence-electron chi connectivity index (χ3n) is 5.65. The molecule has 0 unspecified atom stereocenters. The highest BCUT2D eigenvalue weighted by Crippen LogP contribution is 2.43. The number of carbonyl (C=O) groups is 1. The summed E-state index contributed by atoms with van der Waals surface area (Å²) in [7, 11) is 0. The van der Waals surface area contributed by atoms with E-state index in [1.54, 1.807) is 18.2 Å². The van der Waals surface area contributed by atoms with Gasteiger partial charge in [-0.2, -0.15) is 0 Å². The molecule has 0 atom stereocenters. The Labute approximate surface area is 184 Å². The van der Waals surface area contributed by atoms with Crippen LogP contribution in [0.5, 0.6) is 11.5 Å². The molecule has 5 rings (SSSR count). The topological polar surface area (TPSA) is 81.9 Å². The second-order valence-corrected chi connectivity index (χ2v) is 7.90. The number of nitro benzene ring substituents is 1. The average Bonchev–Trinajstić information content (AvgIpc) is 3.10. The standard InChI is InChI=1S/C25H20N2O5/c1-16-24-19(14-26(15-31-24)13-18-5-3-2-4-6-18)12-21-23(28)22(32-25(16)21)11-17-7-9-20(10-8-17)27(29)30/h2-12H,13-15H2,1H3/b22-11-. The van der Waals surface area contributed by atoms with Crippen LogP contribution >= 0.6 is 0 Å². The Bertz CT molecular complexity index is 1250. The molecule has 7 nitrogen and oxygen atoms in total. The Balaban J connectivity index is 1.41. The van der Waals surface area contributed by atoms with Crippen molar-refractivity contribution in [2.45, 2.75) is 20.0 Å². The SMILES string of the molecule is Cc1c2c(cc3c1O/C(=C\c1ccc([N+](=O)[O-])cc1)C3=O)CN(Cc1ccccc1)CO2. The van der Waals surface area contributed by atoms with E-state index in [1.165, 1.54) is 17.7 Å². The molecule has 32 heavy (non-hydrogen) atoms. The summed E-state index contributed by atoms with van der Waals surface area (Å²) in [5.41, 5.74) is 4.12. The fraction of sp³-hybridized carbons (Fsp3) is 0.160. The van der Waals surface area contributed by atoms with Gasteiger partial charge in [-0.3, -0.25) is 19.8 Å². The van der Waals surface area contributed by atoms with Crippen molar-refractivity contribution in [3.05, 3.63) is 104 Å². The van der Waals surface area contributed by atoms with E-state index in [2.05, 4.69) is 17.0 Å². The summed E-state index contributed by atoms with van der Waals surface area (Å²) in [5.74, 6) is 1.26. The summed E-state index contributed by atoms with van der Waals surface area (Å²) in [6.07, 6.45) is 1.60. The van der Waals surface area contributed by atoms with Gasteiger partial charge in [-0.1, -0.05) is 30.3 Å². The molecule has 0 spiro atoms. The van der Waals surface area contributed by atoms with E-state index >= 15 is 0 Å². The quantitative estimate of drug-likeness (QED) is 0.335. The van der Waals surface area contributed by atoms with Crippen LogP contribution < -0.4 is 9.47 Å². The Morgan fingerprint density at radius 1 is 1.09 bits per heavy atom. The van der Waals surface area contributed by atoms with Gasteiger partial charge < -0.3 is 9.47 Å². The number of benzene rings is 3. The van der Waals surface area contributed by atoms with Gasteiger partial charge in [0.1, 0.15) is 18.2 Å². The van der Waals surface area contributed by atoms with Gasteiger partial charge in [-0.05, 0) is 42.3 Å². The fourth-order valence-corrected chi connectivity index (χ4v) is 4.08. The Morgan fingerprint density at radius 3 is 2.56 bits per heavy atom. The number of nitro groups is 1. The first-order valence-electron chi connectivity index (χ1n) is 10.2. The smallest absolute Gasteiger partial charge is 0.269 e. The third kappa shape index (κ3) is 3.63. The molecule has 0 fully saturated rings.